The van der Waals surface area contributed by atoms with Crippen molar-refractivity contribution < 1.29 is 54.4 Å². The van der Waals surface area contributed by atoms with Gasteiger partial charge in [-0.15, -0.1) is 0 Å². The van der Waals surface area contributed by atoms with Gasteiger partial charge in [-0.2, -0.15) is 7.82 Å². The zero-order valence-corrected chi connectivity index (χ0v) is 9.37. The molecule has 18 heavy (non-hydrogen) atoms. The van der Waals surface area contributed by atoms with Crippen LogP contribution in [0.25, 0.3) is 0 Å². The quantitative estimate of drug-likeness (QED) is 0.274. The van der Waals surface area contributed by atoms with Gasteiger partial charge in [-0.25, -0.2) is 0 Å². The molecule has 0 aliphatic rings. The maximum absolute atomic E-state index is 9.95. The number of aliphatic hydroxyl groups is 4. The molecule has 0 fully saturated rings. The summed E-state index contributed by atoms with van der Waals surface area (Å²) in [6.45, 7) is 0. The minimum atomic E-state index is -5.39. The van der Waals surface area contributed by atoms with E-state index in [0.717, 1.165) is 0 Å². The van der Waals surface area contributed by atoms with Crippen LogP contribution in [0.2, 0.25) is 0 Å². The van der Waals surface area contributed by atoms with Crippen molar-refractivity contribution in [1.82, 2.24) is 0 Å². The molecule has 4 atom stereocenters. The Kier molecular flexibility index (Phi) is 8.89. The Labute approximate surface area is 99.8 Å². The van der Waals surface area contributed by atoms with Crippen molar-refractivity contribution in [2.45, 2.75) is 24.4 Å². The third-order valence-electron chi connectivity index (χ3n) is 1.40. The third-order valence-corrected chi connectivity index (χ3v) is 1.40. The predicted octanol–water partition coefficient (Wildman–Crippen LogP) is -7.45. The summed E-state index contributed by atoms with van der Waals surface area (Å²) in [4.78, 5) is 45.5. The molecule has 0 radical (unpaired) electrons. The van der Waals surface area contributed by atoms with Gasteiger partial charge in [-0.05, 0) is 0 Å². The average Bonchev–Trinajstić information content (AvgIpc) is 2.22. The molecule has 0 bridgehead atoms. The smallest absolute Gasteiger partial charge is 0.151 e. The number of aldehydes is 1. The maximum atomic E-state index is 9.95. The highest BCUT2D eigenvalue weighted by atomic mass is 31.2. The van der Waals surface area contributed by atoms with Crippen molar-refractivity contribution in [2.75, 3.05) is 0 Å². The molecule has 0 saturated carbocycles. The number of aliphatic carboxylic acids is 1. The molecule has 12 heteroatoms. The van der Waals surface area contributed by atoms with Crippen LogP contribution in [0.3, 0.4) is 0 Å². The topological polar surface area (TPSA) is 224 Å². The van der Waals surface area contributed by atoms with E-state index in [0.29, 0.717) is 0 Å². The standard InChI is InChI=1S/C6H10O7.H3O4P/c7-1-2(8)3(9)4(10)5(11)6(12)13;1-5(2,3)4/h1-5,8-11H,(H,12,13);(H3,1,2,3,4)/p-4/t2-,3+,4-,5-;/m0./s1. The number of aliphatic hydroxyl groups excluding tert-OH is 4. The lowest BCUT2D eigenvalue weighted by molar-refractivity contribution is -0.432. The van der Waals surface area contributed by atoms with Crippen LogP contribution >= 0.6 is 7.82 Å². The molecule has 0 aromatic heterocycles. The fourth-order valence-corrected chi connectivity index (χ4v) is 0.609. The van der Waals surface area contributed by atoms with Crippen LogP contribution in [-0.2, 0) is 14.2 Å². The van der Waals surface area contributed by atoms with E-state index in [1.165, 1.54) is 0 Å². The van der Waals surface area contributed by atoms with Crippen LogP contribution in [0.4, 0.5) is 0 Å². The highest BCUT2D eigenvalue weighted by Crippen LogP contribution is 2.03. The summed E-state index contributed by atoms with van der Waals surface area (Å²) in [6.07, 6.45) is -8.65. The molecule has 0 saturated heterocycles. The second-order valence-corrected chi connectivity index (χ2v) is 3.71. The summed E-state index contributed by atoms with van der Waals surface area (Å²) in [5.74, 6) is -2.01. The number of carboxylic acid groups (broad SMARTS) is 1. The SMILES string of the molecule is O=C[C@H](O)[C@@H](O)[C@H](O)[C@H](O)C(=O)[O-].O=P([O-])([O-])[O-]. The van der Waals surface area contributed by atoms with Gasteiger partial charge in [0.05, 0.1) is 5.97 Å². The van der Waals surface area contributed by atoms with E-state index in [-0.39, 0.29) is 6.29 Å². The number of carbonyl (C=O) groups is 2. The molecular formula is C6H9O11P-4. The van der Waals surface area contributed by atoms with Gasteiger partial charge in [0.1, 0.15) is 24.4 Å². The Hall–Kier alpha value is -0.910. The van der Waals surface area contributed by atoms with Crippen molar-refractivity contribution in [3.8, 4) is 0 Å². The van der Waals surface area contributed by atoms with E-state index in [1.54, 1.807) is 0 Å². The second kappa shape index (κ2) is 8.24. The van der Waals surface area contributed by atoms with E-state index in [9.17, 15) is 14.7 Å². The molecule has 0 heterocycles. The summed E-state index contributed by atoms with van der Waals surface area (Å²) >= 11 is 0. The van der Waals surface area contributed by atoms with Gasteiger partial charge < -0.3 is 54.4 Å². The lowest BCUT2D eigenvalue weighted by Gasteiger charge is -2.36. The third kappa shape index (κ3) is 10.3. The molecule has 0 aliphatic heterocycles. The van der Waals surface area contributed by atoms with Gasteiger partial charge in [-0.1, -0.05) is 0 Å². The van der Waals surface area contributed by atoms with Gasteiger partial charge in [0, 0.05) is 0 Å². The van der Waals surface area contributed by atoms with Crippen LogP contribution in [0.15, 0.2) is 0 Å². The van der Waals surface area contributed by atoms with Crippen LogP contribution < -0.4 is 19.8 Å². The molecule has 4 N–H and O–H groups in total. The zero-order valence-electron chi connectivity index (χ0n) is 8.48. The molecule has 0 amide bonds. The minimum Gasteiger partial charge on any atom is -0.822 e. The number of carboxylic acids is 1. The Morgan fingerprint density at radius 3 is 1.61 bits per heavy atom. The predicted molar refractivity (Wildman–Crippen MR) is 42.7 cm³/mol. The molecule has 11 nitrogen and oxygen atoms in total. The summed E-state index contributed by atoms with van der Waals surface area (Å²) in [5.41, 5.74) is 0. The summed E-state index contributed by atoms with van der Waals surface area (Å²) in [6, 6.07) is 0. The Morgan fingerprint density at radius 1 is 1.06 bits per heavy atom. The van der Waals surface area contributed by atoms with E-state index < -0.39 is 38.2 Å². The van der Waals surface area contributed by atoms with Gasteiger partial charge in [0.15, 0.2) is 6.29 Å². The molecule has 0 aliphatic carbocycles. The van der Waals surface area contributed by atoms with E-state index in [1.807, 2.05) is 0 Å². The van der Waals surface area contributed by atoms with Crippen LogP contribution in [0.5, 0.6) is 0 Å². The first kappa shape index (κ1) is 19.4. The first-order valence-electron chi connectivity index (χ1n) is 4.03. The summed E-state index contributed by atoms with van der Waals surface area (Å²) in [7, 11) is -5.39. The molecule has 0 aromatic rings. The van der Waals surface area contributed by atoms with Gasteiger partial charge >= 0.3 is 0 Å². The van der Waals surface area contributed by atoms with Crippen LogP contribution in [0.1, 0.15) is 0 Å². The molecule has 108 valence electrons. The van der Waals surface area contributed by atoms with E-state index in [4.69, 9.17) is 39.7 Å². The van der Waals surface area contributed by atoms with Crippen molar-refractivity contribution >= 4 is 20.1 Å². The fraction of sp³-hybridized carbons (Fsp3) is 0.667. The monoisotopic (exact) mass is 288 g/mol. The summed E-state index contributed by atoms with van der Waals surface area (Å²) in [5, 5.41) is 44.8. The highest BCUT2D eigenvalue weighted by molar-refractivity contribution is 7.40. The number of hydrogen-bond donors (Lipinski definition) is 4. The lowest BCUT2D eigenvalue weighted by Crippen LogP contribution is -2.52. The highest BCUT2D eigenvalue weighted by Gasteiger charge is 2.30. The van der Waals surface area contributed by atoms with Crippen molar-refractivity contribution in [3.05, 3.63) is 0 Å². The first-order valence-corrected chi connectivity index (χ1v) is 5.49. The van der Waals surface area contributed by atoms with Crippen molar-refractivity contribution in [2.24, 2.45) is 0 Å². The lowest BCUT2D eigenvalue weighted by atomic mass is 10.0. The van der Waals surface area contributed by atoms with Crippen molar-refractivity contribution in [3.63, 3.8) is 0 Å². The minimum absolute atomic E-state index is 0.101. The summed E-state index contributed by atoms with van der Waals surface area (Å²) < 4.78 is 8.55. The molecular weight excluding hydrogens is 279 g/mol. The fourth-order valence-electron chi connectivity index (χ4n) is 0.609. The normalized spacial score (nSPS) is 17.7. The Balaban J connectivity index is 0. The van der Waals surface area contributed by atoms with Gasteiger partial charge in [0.2, 0.25) is 0 Å². The van der Waals surface area contributed by atoms with E-state index in [2.05, 4.69) is 0 Å². The number of rotatable bonds is 5. The maximum Gasteiger partial charge on any atom is 0.151 e. The van der Waals surface area contributed by atoms with Crippen molar-refractivity contribution in [1.29, 1.82) is 0 Å². The first-order chi connectivity index (χ1) is 7.91. The Bertz CT molecular complexity index is 302. The second-order valence-electron chi connectivity index (χ2n) is 2.82. The zero-order chi connectivity index (χ0) is 15.1. The Morgan fingerprint density at radius 2 is 1.39 bits per heavy atom. The molecule has 0 aromatic carbocycles. The average molecular weight is 288 g/mol. The van der Waals surface area contributed by atoms with Gasteiger partial charge in [0.25, 0.3) is 0 Å². The number of carbonyl (C=O) groups excluding carboxylic acids is 2. The van der Waals surface area contributed by atoms with Crippen LogP contribution in [-0.4, -0.2) is 57.1 Å². The number of phosphoric acid groups is 1. The van der Waals surface area contributed by atoms with Gasteiger partial charge in [-0.3, -0.25) is 0 Å². The largest absolute Gasteiger partial charge is 0.822 e. The number of hydrogen-bond acceptors (Lipinski definition) is 11. The van der Waals surface area contributed by atoms with Crippen LogP contribution in [0, 0.1) is 0 Å². The molecule has 0 spiro atoms. The molecule has 0 unspecified atom stereocenters. The molecule has 0 rings (SSSR count). The van der Waals surface area contributed by atoms with E-state index >= 15 is 0 Å².